The van der Waals surface area contributed by atoms with Gasteiger partial charge in [0.2, 0.25) is 0 Å². The Labute approximate surface area is 248 Å². The molecule has 7 heterocycles. The van der Waals surface area contributed by atoms with Crippen LogP contribution in [-0.4, -0.2) is 92.5 Å². The maximum absolute atomic E-state index is 16.0. The highest BCUT2D eigenvalue weighted by Gasteiger charge is 2.55. The third-order valence-electron chi connectivity index (χ3n) is 6.89. The number of hydrogen-bond donors (Lipinski definition) is 5. The lowest BCUT2D eigenvalue weighted by Crippen LogP contribution is -2.37. The minimum absolute atomic E-state index is 0.0161. The quantitative estimate of drug-likeness (QED) is 0.139. The molecule has 3 aliphatic heterocycles. The lowest BCUT2D eigenvalue weighted by atomic mass is 10.1. The molecule has 24 heteroatoms. The van der Waals surface area contributed by atoms with Gasteiger partial charge in [0.15, 0.2) is 47.5 Å². The molecule has 3 saturated heterocycles. The monoisotopic (exact) mass is 679 g/mol. The molecule has 0 saturated carbocycles. The fourth-order valence-corrected chi connectivity index (χ4v) is 8.05. The number of aromatic nitrogens is 8. The van der Waals surface area contributed by atoms with Crippen LogP contribution in [0.4, 0.5) is 10.2 Å². The molecule has 4 aromatic heterocycles. The summed E-state index contributed by atoms with van der Waals surface area (Å²) in [6.45, 7) is -9.43. The van der Waals surface area contributed by atoms with Crippen molar-refractivity contribution in [3.8, 4) is 0 Å². The summed E-state index contributed by atoms with van der Waals surface area (Å²) in [5, 5.41) is 11.0. The summed E-state index contributed by atoms with van der Waals surface area (Å²) in [5.41, 5.74) is 5.54. The number of halogens is 1. The van der Waals surface area contributed by atoms with Crippen molar-refractivity contribution >= 4 is 65.7 Å². The van der Waals surface area contributed by atoms with Crippen molar-refractivity contribution < 1.29 is 46.5 Å². The molecule has 43 heavy (non-hydrogen) atoms. The largest absolute Gasteiger partial charge is 0.386 e. The molecule has 0 radical (unpaired) electrons. The number of rotatable bonds is 2. The summed E-state index contributed by atoms with van der Waals surface area (Å²) >= 11 is 9.17. The zero-order chi connectivity index (χ0) is 30.3. The topological polar surface area (TPSA) is 246 Å². The number of nitrogens with one attached hydrogen (secondary N) is 1. The number of ether oxygens (including phenoxy) is 2. The number of H-pyrrole nitrogens is 1. The summed E-state index contributed by atoms with van der Waals surface area (Å²) in [5.74, 6) is 0.0498. The lowest BCUT2D eigenvalue weighted by Gasteiger charge is -2.29. The third kappa shape index (κ3) is 5.10. The van der Waals surface area contributed by atoms with E-state index in [1.54, 1.807) is 0 Å². The van der Waals surface area contributed by atoms with Crippen LogP contribution in [0, 0.1) is 0 Å². The van der Waals surface area contributed by atoms with Crippen molar-refractivity contribution in [2.75, 3.05) is 12.3 Å². The van der Waals surface area contributed by atoms with Gasteiger partial charge in [-0.2, -0.15) is 0 Å². The van der Waals surface area contributed by atoms with Crippen LogP contribution in [0.1, 0.15) is 12.5 Å². The number of anilines is 1. The van der Waals surface area contributed by atoms with E-state index in [1.165, 1.54) is 21.8 Å². The standard InChI is InChI=1S/C19H20FN9O10P2S2/c20-7-11-6(35-17(7)28-4-26-8-13(21)22-2-23-14(8)28)1-34-40(32,42)38-12-10(30)19(39-41(33,43)37-11)36-18(12)29-5-27-9-15(29)24-3-25-16(9)31/h2-7,10-12,17-19,30H,1H2,(H,32,42)(H,33,43)(H2,21,22,23)(H,24,25,31)/t6-,7-,10+,11-,12-,17-,18-,19-,40?,41?/m1/s1. The molecule has 19 nitrogen and oxygen atoms in total. The van der Waals surface area contributed by atoms with E-state index >= 15 is 4.39 Å². The zero-order valence-electron chi connectivity index (χ0n) is 21.1. The van der Waals surface area contributed by atoms with Crippen LogP contribution in [0.2, 0.25) is 0 Å². The molecule has 2 bridgehead atoms. The van der Waals surface area contributed by atoms with Crippen LogP contribution in [0.3, 0.4) is 0 Å². The van der Waals surface area contributed by atoms with Gasteiger partial charge in [-0.3, -0.25) is 32.0 Å². The smallest absolute Gasteiger partial charge is 0.385 e. The fourth-order valence-electron chi connectivity index (χ4n) is 4.99. The van der Waals surface area contributed by atoms with Gasteiger partial charge in [-0.15, -0.1) is 0 Å². The summed E-state index contributed by atoms with van der Waals surface area (Å²) in [6, 6.07) is 0. The Kier molecular flexibility index (Phi) is 7.19. The van der Waals surface area contributed by atoms with Gasteiger partial charge in [0, 0.05) is 0 Å². The Morgan fingerprint density at radius 2 is 1.77 bits per heavy atom. The van der Waals surface area contributed by atoms with Crippen LogP contribution in [0.5, 0.6) is 0 Å². The molecule has 230 valence electrons. The Morgan fingerprint density at radius 1 is 1.05 bits per heavy atom. The highest BCUT2D eigenvalue weighted by molar-refractivity contribution is 8.44. The van der Waals surface area contributed by atoms with Gasteiger partial charge in [0.1, 0.15) is 36.3 Å². The first-order valence-corrected chi connectivity index (χ1v) is 17.5. The highest BCUT2D eigenvalue weighted by atomic mass is 32.7. The Morgan fingerprint density at radius 3 is 2.56 bits per heavy atom. The number of nitrogen functional groups attached to an aromatic ring is 1. The maximum Gasteiger partial charge on any atom is 0.386 e. The van der Waals surface area contributed by atoms with E-state index in [1.807, 2.05) is 0 Å². The number of imidazole rings is 2. The first kappa shape index (κ1) is 29.3. The molecule has 5 N–H and O–H groups in total. The van der Waals surface area contributed by atoms with E-state index in [0.717, 1.165) is 12.7 Å². The molecule has 2 unspecified atom stereocenters. The summed E-state index contributed by atoms with van der Waals surface area (Å²) in [4.78, 5) is 45.6. The van der Waals surface area contributed by atoms with Crippen molar-refractivity contribution in [1.82, 2.24) is 39.0 Å². The number of nitrogens with two attached hydrogens (primary N) is 1. The average Bonchev–Trinajstić information content (AvgIpc) is 3.70. The normalized spacial score (nSPS) is 38.6. The minimum atomic E-state index is -4.42. The number of thiol groups is 1. The molecular weight excluding hydrogens is 659 g/mol. The summed E-state index contributed by atoms with van der Waals surface area (Å²) in [6.07, 6.45) is -8.28. The number of aliphatic hydroxyl groups is 1. The number of aromatic amines is 1. The van der Waals surface area contributed by atoms with Crippen molar-refractivity contribution in [3.63, 3.8) is 0 Å². The number of fused-ring (bicyclic) bond motifs is 5. The first-order valence-electron chi connectivity index (χ1n) is 12.2. The second-order valence-corrected chi connectivity index (χ2v) is 15.1. The molecule has 0 aromatic carbocycles. The Balaban J connectivity index is 1.22. The van der Waals surface area contributed by atoms with Gasteiger partial charge in [0.25, 0.3) is 5.56 Å². The molecule has 0 aliphatic carbocycles. The van der Waals surface area contributed by atoms with Crippen molar-refractivity contribution in [1.29, 1.82) is 0 Å². The number of hydrogen-bond acceptors (Lipinski definition) is 16. The fraction of sp³-hybridized carbons (Fsp3) is 0.474. The highest BCUT2D eigenvalue weighted by Crippen LogP contribution is 2.59. The second kappa shape index (κ2) is 10.6. The van der Waals surface area contributed by atoms with E-state index < -0.39 is 75.0 Å². The van der Waals surface area contributed by atoms with Crippen LogP contribution >= 0.6 is 25.8 Å². The second-order valence-electron chi connectivity index (χ2n) is 9.51. The van der Waals surface area contributed by atoms with Crippen LogP contribution in [0.15, 0.2) is 30.1 Å². The van der Waals surface area contributed by atoms with Crippen molar-refractivity contribution in [2.24, 2.45) is 0 Å². The molecular formula is C19H20FN9O10P2S2. The predicted octanol–water partition coefficient (Wildman–Crippen LogP) is 0.0649. The first-order chi connectivity index (χ1) is 20.4. The Bertz CT molecular complexity index is 1880. The van der Waals surface area contributed by atoms with E-state index in [0.29, 0.717) is 0 Å². The Hall–Kier alpha value is -2.46. The van der Waals surface area contributed by atoms with Gasteiger partial charge in [0.05, 0.1) is 25.6 Å². The maximum atomic E-state index is 16.0. The third-order valence-corrected chi connectivity index (χ3v) is 10.0. The predicted molar refractivity (Wildman–Crippen MR) is 146 cm³/mol. The van der Waals surface area contributed by atoms with E-state index in [4.69, 9.17) is 45.1 Å². The van der Waals surface area contributed by atoms with Gasteiger partial charge in [-0.25, -0.2) is 33.9 Å². The minimum Gasteiger partial charge on any atom is -0.385 e. The van der Waals surface area contributed by atoms with Crippen LogP contribution in [-0.2, 0) is 43.9 Å². The van der Waals surface area contributed by atoms with Crippen molar-refractivity contribution in [3.05, 3.63) is 35.7 Å². The van der Waals surface area contributed by atoms with Gasteiger partial charge >= 0.3 is 13.5 Å². The SMILES string of the molecule is Nc1ncnc2c1ncn2[C@@H]1O[C@@H]2COP(=O)(S)O[C@@H]3[C@H](O)[C@H](O[C@H]3n3cnc4c(=O)[nH]cnc43)OP(O)(=S)O[C@H]2[C@H]1F. The summed E-state index contributed by atoms with van der Waals surface area (Å²) in [7, 11) is 0. The van der Waals surface area contributed by atoms with E-state index in [2.05, 4.69) is 42.2 Å². The van der Waals surface area contributed by atoms with Gasteiger partial charge in [-0.1, -0.05) is 12.2 Å². The molecule has 10 atom stereocenters. The van der Waals surface area contributed by atoms with Crippen molar-refractivity contribution in [2.45, 2.75) is 49.3 Å². The number of alkyl halides is 1. The number of aliphatic hydroxyl groups excluding tert-OH is 1. The van der Waals surface area contributed by atoms with Gasteiger partial charge < -0.3 is 30.2 Å². The molecule has 4 aromatic rings. The van der Waals surface area contributed by atoms with Crippen LogP contribution < -0.4 is 11.3 Å². The average molecular weight is 680 g/mol. The molecule has 7 rings (SSSR count). The van der Waals surface area contributed by atoms with Crippen LogP contribution in [0.25, 0.3) is 22.3 Å². The van der Waals surface area contributed by atoms with Gasteiger partial charge in [-0.05, 0) is 11.8 Å². The molecule has 0 amide bonds. The van der Waals surface area contributed by atoms with E-state index in [-0.39, 0.29) is 28.1 Å². The molecule has 3 fully saturated rings. The number of nitrogens with zero attached hydrogens (tertiary/aromatic N) is 7. The summed E-state index contributed by atoms with van der Waals surface area (Å²) < 4.78 is 65.5. The molecule has 3 aliphatic rings. The van der Waals surface area contributed by atoms with E-state index in [9.17, 15) is 19.4 Å². The molecule has 0 spiro atoms. The lowest BCUT2D eigenvalue weighted by molar-refractivity contribution is -0.133. The zero-order valence-corrected chi connectivity index (χ0v) is 24.6.